The van der Waals surface area contributed by atoms with Gasteiger partial charge in [0.05, 0.1) is 12.2 Å². The Labute approximate surface area is 165 Å². The molecule has 0 fully saturated rings. The minimum absolute atomic E-state index is 0.191. The standard InChI is InChI=1S/C21H28N4O3/c1-13-7-8-15(11-14(13)2)19(26)22-18-16-12-25(20(27)28-21(3,4)5)10-9-17(16)23-24(18)6/h7-8,11H,9-10,12H2,1-6H3,(H,22,26). The number of anilines is 1. The first kappa shape index (κ1) is 19.9. The molecule has 2 amide bonds. The molecule has 0 bridgehead atoms. The molecule has 1 N–H and O–H groups in total. The van der Waals surface area contributed by atoms with Crippen molar-refractivity contribution in [2.75, 3.05) is 11.9 Å². The molecule has 3 rings (SSSR count). The van der Waals surface area contributed by atoms with Gasteiger partial charge < -0.3 is 15.0 Å². The zero-order chi connectivity index (χ0) is 20.6. The van der Waals surface area contributed by atoms with Crippen molar-refractivity contribution in [3.05, 3.63) is 46.1 Å². The molecule has 1 aliphatic rings. The summed E-state index contributed by atoms with van der Waals surface area (Å²) >= 11 is 0. The molecule has 0 saturated heterocycles. The van der Waals surface area contributed by atoms with Gasteiger partial charge in [-0.1, -0.05) is 6.07 Å². The molecular formula is C21H28N4O3. The molecular weight excluding hydrogens is 356 g/mol. The fourth-order valence-electron chi connectivity index (χ4n) is 3.20. The van der Waals surface area contributed by atoms with Crippen LogP contribution in [0, 0.1) is 13.8 Å². The van der Waals surface area contributed by atoms with Crippen LogP contribution in [-0.2, 0) is 24.8 Å². The van der Waals surface area contributed by atoms with E-state index in [1.807, 2.05) is 52.8 Å². The van der Waals surface area contributed by atoms with Gasteiger partial charge in [0.1, 0.15) is 11.4 Å². The van der Waals surface area contributed by atoms with Crippen molar-refractivity contribution >= 4 is 17.8 Å². The Morgan fingerprint density at radius 2 is 1.89 bits per heavy atom. The maximum atomic E-state index is 12.8. The predicted octanol–water partition coefficient (Wildman–Crippen LogP) is 3.58. The number of fused-ring (bicyclic) bond motifs is 1. The summed E-state index contributed by atoms with van der Waals surface area (Å²) in [5.74, 6) is 0.426. The summed E-state index contributed by atoms with van der Waals surface area (Å²) in [5, 5.41) is 7.49. The van der Waals surface area contributed by atoms with Crippen LogP contribution in [0.25, 0.3) is 0 Å². The third kappa shape index (κ3) is 4.18. The van der Waals surface area contributed by atoms with E-state index in [1.54, 1.807) is 16.6 Å². The Morgan fingerprint density at radius 3 is 2.54 bits per heavy atom. The van der Waals surface area contributed by atoms with E-state index in [1.165, 1.54) is 0 Å². The highest BCUT2D eigenvalue weighted by molar-refractivity contribution is 6.04. The molecule has 0 saturated carbocycles. The number of nitrogens with one attached hydrogen (secondary N) is 1. The van der Waals surface area contributed by atoms with Gasteiger partial charge in [0, 0.05) is 31.1 Å². The first-order chi connectivity index (χ1) is 13.0. The van der Waals surface area contributed by atoms with Crippen LogP contribution < -0.4 is 5.32 Å². The Hall–Kier alpha value is -2.83. The molecule has 0 atom stereocenters. The van der Waals surface area contributed by atoms with Crippen LogP contribution in [0.15, 0.2) is 18.2 Å². The first-order valence-corrected chi connectivity index (χ1v) is 9.46. The lowest BCUT2D eigenvalue weighted by molar-refractivity contribution is 0.0224. The second-order valence-corrected chi connectivity index (χ2v) is 8.30. The second kappa shape index (κ2) is 7.30. The number of amides is 2. The van der Waals surface area contributed by atoms with Gasteiger partial charge in [0.25, 0.3) is 5.91 Å². The summed E-state index contributed by atoms with van der Waals surface area (Å²) in [7, 11) is 1.80. The summed E-state index contributed by atoms with van der Waals surface area (Å²) in [6, 6.07) is 5.63. The molecule has 7 nitrogen and oxygen atoms in total. The zero-order valence-corrected chi connectivity index (χ0v) is 17.4. The van der Waals surface area contributed by atoms with Gasteiger partial charge in [0.2, 0.25) is 0 Å². The molecule has 1 aliphatic heterocycles. The number of ether oxygens (including phenoxy) is 1. The topological polar surface area (TPSA) is 76.5 Å². The molecule has 0 unspecified atom stereocenters. The van der Waals surface area contributed by atoms with Crippen molar-refractivity contribution in [1.29, 1.82) is 0 Å². The first-order valence-electron chi connectivity index (χ1n) is 9.46. The molecule has 1 aromatic carbocycles. The largest absolute Gasteiger partial charge is 0.444 e. The van der Waals surface area contributed by atoms with Gasteiger partial charge in [-0.2, -0.15) is 5.10 Å². The van der Waals surface area contributed by atoms with Crippen molar-refractivity contribution in [2.45, 2.75) is 53.2 Å². The molecule has 1 aromatic heterocycles. The molecule has 2 aromatic rings. The Bertz CT molecular complexity index is 924. The van der Waals surface area contributed by atoms with E-state index in [2.05, 4.69) is 10.4 Å². The van der Waals surface area contributed by atoms with Crippen LogP contribution in [0.2, 0.25) is 0 Å². The minimum atomic E-state index is -0.549. The lowest BCUT2D eigenvalue weighted by atomic mass is 10.1. The summed E-state index contributed by atoms with van der Waals surface area (Å²) in [4.78, 5) is 26.9. The summed E-state index contributed by atoms with van der Waals surface area (Å²) in [6.45, 7) is 10.4. The van der Waals surface area contributed by atoms with Crippen LogP contribution in [0.3, 0.4) is 0 Å². The van der Waals surface area contributed by atoms with E-state index in [0.29, 0.717) is 30.9 Å². The molecule has 7 heteroatoms. The number of hydrogen-bond acceptors (Lipinski definition) is 4. The Balaban J connectivity index is 1.81. The summed E-state index contributed by atoms with van der Waals surface area (Å²) in [5.41, 5.74) is 4.01. The van der Waals surface area contributed by atoms with E-state index in [-0.39, 0.29) is 12.0 Å². The molecule has 28 heavy (non-hydrogen) atoms. The number of hydrogen-bond donors (Lipinski definition) is 1. The normalized spacial score (nSPS) is 13.9. The molecule has 2 heterocycles. The average Bonchev–Trinajstić information content (AvgIpc) is 2.90. The van der Waals surface area contributed by atoms with Gasteiger partial charge in [-0.05, 0) is 57.9 Å². The second-order valence-electron chi connectivity index (χ2n) is 8.30. The van der Waals surface area contributed by atoms with Gasteiger partial charge in [-0.25, -0.2) is 4.79 Å². The molecule has 0 spiro atoms. The Kier molecular flexibility index (Phi) is 5.19. The van der Waals surface area contributed by atoms with Gasteiger partial charge in [-0.15, -0.1) is 0 Å². The Morgan fingerprint density at radius 1 is 1.18 bits per heavy atom. The van der Waals surface area contributed by atoms with Gasteiger partial charge >= 0.3 is 6.09 Å². The maximum absolute atomic E-state index is 12.8. The van der Waals surface area contributed by atoms with Crippen molar-refractivity contribution in [1.82, 2.24) is 14.7 Å². The lowest BCUT2D eigenvalue weighted by Gasteiger charge is -2.29. The third-order valence-electron chi connectivity index (χ3n) is 4.85. The van der Waals surface area contributed by atoms with Gasteiger partial charge in [-0.3, -0.25) is 9.48 Å². The van der Waals surface area contributed by atoms with Crippen molar-refractivity contribution in [3.8, 4) is 0 Å². The molecule has 0 aliphatic carbocycles. The summed E-state index contributed by atoms with van der Waals surface area (Å²) < 4.78 is 7.15. The van der Waals surface area contributed by atoms with Gasteiger partial charge in [0.15, 0.2) is 0 Å². The highest BCUT2D eigenvalue weighted by Crippen LogP contribution is 2.27. The van der Waals surface area contributed by atoms with Crippen LogP contribution in [-0.4, -0.2) is 38.8 Å². The summed E-state index contributed by atoms with van der Waals surface area (Å²) in [6.07, 6.45) is 0.274. The van der Waals surface area contributed by atoms with Crippen molar-refractivity contribution in [3.63, 3.8) is 0 Å². The number of carbonyl (C=O) groups is 2. The average molecular weight is 384 g/mol. The predicted molar refractivity (Wildman–Crippen MR) is 107 cm³/mol. The number of nitrogens with zero attached hydrogens (tertiary/aromatic N) is 3. The van der Waals surface area contributed by atoms with Crippen LogP contribution >= 0.6 is 0 Å². The zero-order valence-electron chi connectivity index (χ0n) is 17.4. The maximum Gasteiger partial charge on any atom is 0.410 e. The number of aryl methyl sites for hydroxylation is 3. The number of benzene rings is 1. The van der Waals surface area contributed by atoms with E-state index >= 15 is 0 Å². The SMILES string of the molecule is Cc1ccc(C(=O)Nc2c3c(nn2C)CCN(C(=O)OC(C)(C)C)C3)cc1C. The lowest BCUT2D eigenvalue weighted by Crippen LogP contribution is -2.40. The highest BCUT2D eigenvalue weighted by Gasteiger charge is 2.30. The smallest absolute Gasteiger partial charge is 0.410 e. The van der Waals surface area contributed by atoms with Crippen LogP contribution in [0.5, 0.6) is 0 Å². The van der Waals surface area contributed by atoms with E-state index in [0.717, 1.165) is 22.4 Å². The fraction of sp³-hybridized carbons (Fsp3) is 0.476. The molecule has 150 valence electrons. The van der Waals surface area contributed by atoms with E-state index in [9.17, 15) is 9.59 Å². The number of aromatic nitrogens is 2. The van der Waals surface area contributed by atoms with Crippen molar-refractivity contribution < 1.29 is 14.3 Å². The van der Waals surface area contributed by atoms with E-state index in [4.69, 9.17) is 4.74 Å². The van der Waals surface area contributed by atoms with Crippen LogP contribution in [0.4, 0.5) is 10.6 Å². The number of carbonyl (C=O) groups excluding carboxylic acids is 2. The quantitative estimate of drug-likeness (QED) is 0.859. The van der Waals surface area contributed by atoms with Crippen molar-refractivity contribution in [2.24, 2.45) is 7.05 Å². The van der Waals surface area contributed by atoms with E-state index < -0.39 is 5.60 Å². The minimum Gasteiger partial charge on any atom is -0.444 e. The fourth-order valence-corrected chi connectivity index (χ4v) is 3.20. The highest BCUT2D eigenvalue weighted by atomic mass is 16.6. The van der Waals surface area contributed by atoms with Crippen LogP contribution in [0.1, 0.15) is 53.5 Å². The molecule has 0 radical (unpaired) electrons. The third-order valence-corrected chi connectivity index (χ3v) is 4.85. The number of rotatable bonds is 2. The monoisotopic (exact) mass is 384 g/mol.